The predicted molar refractivity (Wildman–Crippen MR) is 210 cm³/mol. The van der Waals surface area contributed by atoms with Gasteiger partial charge in [-0.15, -0.1) is 0 Å². The van der Waals surface area contributed by atoms with Crippen LogP contribution in [0.2, 0.25) is 0 Å². The largest absolute Gasteiger partial charge is 0.491 e. The van der Waals surface area contributed by atoms with Crippen LogP contribution in [0.25, 0.3) is 0 Å². The van der Waals surface area contributed by atoms with E-state index in [9.17, 15) is 10.2 Å². The SMILES string of the molecule is O=C1O[C@@H](c2ccccc2)[C@@H](c2ccccc2)N2[C@@H](c3ccccc3OCCO)[C@]3(C(=O)Nc4ccc(C#CCCO)cc43)[C@@H](C(=O)N3CCCCCCC3)[C@H]12. The van der Waals surface area contributed by atoms with Crippen LogP contribution < -0.4 is 10.1 Å². The van der Waals surface area contributed by atoms with Crippen LogP contribution in [0.15, 0.2) is 103 Å². The Labute approximate surface area is 327 Å². The average Bonchev–Trinajstić information content (AvgIpc) is 3.69. The Morgan fingerprint density at radius 1 is 0.821 bits per heavy atom. The monoisotopic (exact) mass is 753 g/mol. The van der Waals surface area contributed by atoms with E-state index in [4.69, 9.17) is 9.47 Å². The summed E-state index contributed by atoms with van der Waals surface area (Å²) in [6.45, 7) is 0.707. The van der Waals surface area contributed by atoms with E-state index in [0.717, 1.165) is 43.2 Å². The lowest BCUT2D eigenvalue weighted by Crippen LogP contribution is -2.55. The molecule has 4 heterocycles. The number of likely N-dealkylation sites (tertiary alicyclic amines) is 1. The van der Waals surface area contributed by atoms with Crippen molar-refractivity contribution in [1.29, 1.82) is 0 Å². The van der Waals surface area contributed by atoms with Crippen LogP contribution in [0.5, 0.6) is 5.75 Å². The molecule has 288 valence electrons. The number of fused-ring (bicyclic) bond motifs is 3. The number of benzene rings is 4. The molecule has 4 aromatic rings. The lowest BCUT2D eigenvalue weighted by atomic mass is 9.64. The second-order valence-electron chi connectivity index (χ2n) is 15.0. The highest BCUT2D eigenvalue weighted by molar-refractivity contribution is 6.12. The molecule has 10 heteroatoms. The first-order valence-electron chi connectivity index (χ1n) is 19.7. The number of para-hydroxylation sites is 1. The minimum atomic E-state index is -1.66. The number of hydrogen-bond donors (Lipinski definition) is 3. The quantitative estimate of drug-likeness (QED) is 0.151. The highest BCUT2D eigenvalue weighted by Gasteiger charge is 2.74. The molecule has 10 nitrogen and oxygen atoms in total. The topological polar surface area (TPSA) is 129 Å². The minimum absolute atomic E-state index is 0.000469. The Balaban J connectivity index is 1.45. The molecule has 0 aromatic heterocycles. The van der Waals surface area contributed by atoms with Crippen LogP contribution in [0.4, 0.5) is 5.69 Å². The van der Waals surface area contributed by atoms with E-state index in [2.05, 4.69) is 22.1 Å². The number of hydrogen-bond acceptors (Lipinski definition) is 8. The molecule has 2 amide bonds. The Bertz CT molecular complexity index is 2120. The third-order valence-corrected chi connectivity index (χ3v) is 11.8. The summed E-state index contributed by atoms with van der Waals surface area (Å²) in [5.74, 6) is 4.15. The van der Waals surface area contributed by atoms with Crippen molar-refractivity contribution >= 4 is 23.5 Å². The van der Waals surface area contributed by atoms with Gasteiger partial charge < -0.3 is 29.9 Å². The van der Waals surface area contributed by atoms with E-state index < -0.39 is 47.4 Å². The number of nitrogens with zero attached hydrogens (tertiary/aromatic N) is 2. The molecule has 0 bridgehead atoms. The fourth-order valence-corrected chi connectivity index (χ4v) is 9.50. The lowest BCUT2D eigenvalue weighted by molar-refractivity contribution is -0.179. The summed E-state index contributed by atoms with van der Waals surface area (Å²) in [7, 11) is 0. The number of ether oxygens (including phenoxy) is 2. The van der Waals surface area contributed by atoms with E-state index >= 15 is 14.4 Å². The van der Waals surface area contributed by atoms with Gasteiger partial charge in [0.05, 0.1) is 31.2 Å². The lowest BCUT2D eigenvalue weighted by Gasteiger charge is -2.46. The van der Waals surface area contributed by atoms with Crippen LogP contribution in [0.3, 0.4) is 0 Å². The second-order valence-corrected chi connectivity index (χ2v) is 15.0. The van der Waals surface area contributed by atoms with E-state index in [-0.39, 0.29) is 32.1 Å². The first-order valence-corrected chi connectivity index (χ1v) is 19.7. The fraction of sp³-hybridized carbons (Fsp3) is 0.370. The second kappa shape index (κ2) is 16.3. The molecule has 8 rings (SSSR count). The number of carbonyl (C=O) groups is 3. The molecule has 3 fully saturated rings. The molecule has 4 aliphatic heterocycles. The zero-order chi connectivity index (χ0) is 38.6. The number of cyclic esters (lactones) is 1. The Morgan fingerprint density at radius 2 is 1.50 bits per heavy atom. The third-order valence-electron chi connectivity index (χ3n) is 11.8. The van der Waals surface area contributed by atoms with Gasteiger partial charge in [0, 0.05) is 36.3 Å². The highest BCUT2D eigenvalue weighted by atomic mass is 16.6. The summed E-state index contributed by atoms with van der Waals surface area (Å²) >= 11 is 0. The number of rotatable bonds is 8. The molecule has 3 saturated heterocycles. The van der Waals surface area contributed by atoms with Crippen molar-refractivity contribution in [3.8, 4) is 17.6 Å². The first-order chi connectivity index (χ1) is 27.5. The maximum atomic E-state index is 15.7. The smallest absolute Gasteiger partial charge is 0.324 e. The number of aliphatic hydroxyl groups excluding tert-OH is 2. The van der Waals surface area contributed by atoms with Crippen LogP contribution in [0.1, 0.15) is 84.5 Å². The number of amides is 2. The molecule has 0 saturated carbocycles. The normalized spacial score (nSPS) is 25.9. The van der Waals surface area contributed by atoms with Gasteiger partial charge in [-0.05, 0) is 53.8 Å². The zero-order valence-electron chi connectivity index (χ0n) is 31.3. The summed E-state index contributed by atoms with van der Waals surface area (Å²) < 4.78 is 12.8. The molecular weight excluding hydrogens is 707 g/mol. The predicted octanol–water partition coefficient (Wildman–Crippen LogP) is 5.86. The molecule has 6 atom stereocenters. The van der Waals surface area contributed by atoms with E-state index in [0.29, 0.717) is 41.2 Å². The van der Waals surface area contributed by atoms with E-state index in [1.807, 2.05) is 102 Å². The third kappa shape index (κ3) is 6.53. The van der Waals surface area contributed by atoms with Gasteiger partial charge in [0.2, 0.25) is 11.8 Å². The van der Waals surface area contributed by atoms with Gasteiger partial charge in [-0.1, -0.05) is 110 Å². The van der Waals surface area contributed by atoms with Gasteiger partial charge in [0.25, 0.3) is 0 Å². The summed E-state index contributed by atoms with van der Waals surface area (Å²) in [5.41, 5.74) is 2.30. The number of carbonyl (C=O) groups excluding carboxylic acids is 3. The van der Waals surface area contributed by atoms with E-state index in [1.165, 1.54) is 0 Å². The molecule has 4 aromatic carbocycles. The van der Waals surface area contributed by atoms with Crippen molar-refractivity contribution in [3.05, 3.63) is 131 Å². The average molecular weight is 754 g/mol. The van der Waals surface area contributed by atoms with Crippen molar-refractivity contribution in [3.63, 3.8) is 0 Å². The molecule has 1 spiro atoms. The molecule has 0 unspecified atom stereocenters. The highest BCUT2D eigenvalue weighted by Crippen LogP contribution is 2.66. The standard InChI is InChI=1S/C46H47N3O7/c50-27-15-12-16-31-23-24-36-35(30-31)46(45(54)47-36)38(43(52)48-25-13-2-1-3-14-26-48)40-44(53)56-41(33-19-8-5-9-20-33)39(32-17-6-4-7-18-32)49(40)42(46)34-21-10-11-22-37(34)55-29-28-51/h4-11,17-24,30,38-42,50-51H,1-3,13-15,25-29H2,(H,47,54)/t38-,39-,40-,41+,42+,46-/m1/s1. The summed E-state index contributed by atoms with van der Waals surface area (Å²) in [6, 6.07) is 29.6. The summed E-state index contributed by atoms with van der Waals surface area (Å²) in [6.07, 6.45) is 4.20. The van der Waals surface area contributed by atoms with Crippen molar-refractivity contribution in [2.75, 3.05) is 38.2 Å². The molecule has 0 aliphatic carbocycles. The van der Waals surface area contributed by atoms with E-state index in [1.54, 1.807) is 6.07 Å². The number of esters is 1. The maximum absolute atomic E-state index is 15.7. The number of anilines is 1. The molecule has 56 heavy (non-hydrogen) atoms. The van der Waals surface area contributed by atoms with Crippen LogP contribution in [0, 0.1) is 17.8 Å². The van der Waals surface area contributed by atoms with Crippen LogP contribution >= 0.6 is 0 Å². The zero-order valence-corrected chi connectivity index (χ0v) is 31.3. The van der Waals surface area contributed by atoms with Crippen LogP contribution in [-0.4, -0.2) is 76.7 Å². The first kappa shape index (κ1) is 37.5. The van der Waals surface area contributed by atoms with Gasteiger partial charge in [-0.2, -0.15) is 0 Å². The fourth-order valence-electron chi connectivity index (χ4n) is 9.50. The number of aliphatic hydroxyl groups is 2. The van der Waals surface area contributed by atoms with Crippen molar-refractivity contribution in [2.24, 2.45) is 5.92 Å². The molecule has 0 radical (unpaired) electrons. The van der Waals surface area contributed by atoms with Crippen LogP contribution in [-0.2, 0) is 24.5 Å². The maximum Gasteiger partial charge on any atom is 0.324 e. The van der Waals surface area contributed by atoms with Crippen molar-refractivity contribution in [1.82, 2.24) is 9.80 Å². The molecule has 4 aliphatic rings. The summed E-state index contributed by atoms with van der Waals surface area (Å²) in [5, 5.41) is 22.6. The number of nitrogens with one attached hydrogen (secondary N) is 1. The Hall–Kier alpha value is -5.47. The van der Waals surface area contributed by atoms with Gasteiger partial charge in [0.1, 0.15) is 29.9 Å². The van der Waals surface area contributed by atoms with Gasteiger partial charge in [0.15, 0.2) is 0 Å². The van der Waals surface area contributed by atoms with Crippen molar-refractivity contribution < 1.29 is 34.1 Å². The van der Waals surface area contributed by atoms with Crippen molar-refractivity contribution in [2.45, 2.75) is 68.2 Å². The van der Waals surface area contributed by atoms with Gasteiger partial charge >= 0.3 is 5.97 Å². The molecule has 3 N–H and O–H groups in total. The Morgan fingerprint density at radius 3 is 2.21 bits per heavy atom. The minimum Gasteiger partial charge on any atom is -0.491 e. The summed E-state index contributed by atoms with van der Waals surface area (Å²) in [4.78, 5) is 50.2. The Kier molecular flexibility index (Phi) is 10.9. The van der Waals surface area contributed by atoms with Gasteiger partial charge in [-0.3, -0.25) is 19.3 Å². The van der Waals surface area contributed by atoms with Gasteiger partial charge in [-0.25, -0.2) is 0 Å². The number of morpholine rings is 1. The molecular formula is C46H47N3O7.